The first kappa shape index (κ1) is 11.7. The maximum Gasteiger partial charge on any atom is 0.0958 e. The minimum atomic E-state index is 0.270. The molecule has 2 fully saturated rings. The Morgan fingerprint density at radius 1 is 1.41 bits per heavy atom. The van der Waals surface area contributed by atoms with Crippen molar-refractivity contribution in [3.05, 3.63) is 22.4 Å². The number of nitrogens with one attached hydrogen (secondary N) is 1. The summed E-state index contributed by atoms with van der Waals surface area (Å²) in [6.07, 6.45) is 5.53. The number of rotatable bonds is 1. The van der Waals surface area contributed by atoms with Crippen LogP contribution in [0.1, 0.15) is 44.3 Å². The number of morpholine rings is 1. The molecule has 2 nitrogen and oxygen atoms in total. The van der Waals surface area contributed by atoms with E-state index in [-0.39, 0.29) is 6.10 Å². The van der Waals surface area contributed by atoms with Crippen LogP contribution in [0, 0.1) is 5.92 Å². The Labute approximate surface area is 107 Å². The largest absolute Gasteiger partial charge is 0.370 e. The smallest absolute Gasteiger partial charge is 0.0958 e. The van der Waals surface area contributed by atoms with Crippen LogP contribution in [-0.4, -0.2) is 18.7 Å². The molecule has 0 amide bonds. The highest BCUT2D eigenvalue weighted by atomic mass is 32.1. The molecule has 1 atom stereocenters. The third kappa shape index (κ3) is 2.42. The molecule has 1 aromatic rings. The third-order valence-corrected chi connectivity index (χ3v) is 5.07. The topological polar surface area (TPSA) is 21.3 Å². The van der Waals surface area contributed by atoms with Gasteiger partial charge in [0.05, 0.1) is 12.7 Å². The zero-order valence-corrected chi connectivity index (χ0v) is 11.3. The maximum atomic E-state index is 6.10. The maximum absolute atomic E-state index is 6.10. The molecule has 1 saturated heterocycles. The van der Waals surface area contributed by atoms with Gasteiger partial charge in [-0.3, -0.25) is 0 Å². The molecule has 1 saturated carbocycles. The lowest BCUT2D eigenvalue weighted by atomic mass is 9.77. The fraction of sp³-hybridized carbons (Fsp3) is 0.714. The first-order valence-corrected chi connectivity index (χ1v) is 7.60. The van der Waals surface area contributed by atoms with E-state index in [0.29, 0.717) is 5.54 Å². The van der Waals surface area contributed by atoms with E-state index in [1.165, 1.54) is 31.2 Å². The van der Waals surface area contributed by atoms with E-state index in [2.05, 4.69) is 29.1 Å². The summed E-state index contributed by atoms with van der Waals surface area (Å²) in [4.78, 5) is 0. The molecule has 94 valence electrons. The van der Waals surface area contributed by atoms with Gasteiger partial charge in [-0.1, -0.05) is 6.92 Å². The van der Waals surface area contributed by atoms with E-state index in [1.807, 2.05) is 0 Å². The lowest BCUT2D eigenvalue weighted by molar-refractivity contribution is -0.0502. The van der Waals surface area contributed by atoms with Gasteiger partial charge in [0.2, 0.25) is 0 Å². The Morgan fingerprint density at radius 2 is 2.24 bits per heavy atom. The van der Waals surface area contributed by atoms with Gasteiger partial charge in [-0.25, -0.2) is 0 Å². The average molecular weight is 251 g/mol. The molecule has 1 aliphatic carbocycles. The lowest BCUT2D eigenvalue weighted by Gasteiger charge is -2.45. The molecule has 1 spiro atoms. The molecular formula is C14H21NOS. The van der Waals surface area contributed by atoms with E-state index in [1.54, 1.807) is 11.3 Å². The first-order chi connectivity index (χ1) is 8.27. The summed E-state index contributed by atoms with van der Waals surface area (Å²) in [5.74, 6) is 0.900. The third-order valence-electron chi connectivity index (χ3n) is 4.37. The summed E-state index contributed by atoms with van der Waals surface area (Å²) in [7, 11) is 0. The van der Waals surface area contributed by atoms with Gasteiger partial charge in [-0.15, -0.1) is 0 Å². The molecule has 1 N–H and O–H groups in total. The Bertz CT molecular complexity index is 344. The van der Waals surface area contributed by atoms with Gasteiger partial charge in [0, 0.05) is 12.1 Å². The molecule has 0 aromatic carbocycles. The summed E-state index contributed by atoms with van der Waals surface area (Å²) in [5, 5.41) is 8.10. The van der Waals surface area contributed by atoms with Gasteiger partial charge in [-0.2, -0.15) is 11.3 Å². The molecule has 17 heavy (non-hydrogen) atoms. The predicted octanol–water partition coefficient (Wildman–Crippen LogP) is 3.36. The van der Waals surface area contributed by atoms with Crippen molar-refractivity contribution in [2.45, 2.75) is 44.2 Å². The van der Waals surface area contributed by atoms with E-state index in [0.717, 1.165) is 19.1 Å². The Kier molecular flexibility index (Phi) is 3.24. The SMILES string of the molecule is CC1CCC2(CC1)COC(c1ccsc1)CN2. The summed E-state index contributed by atoms with van der Waals surface area (Å²) >= 11 is 1.75. The van der Waals surface area contributed by atoms with Crippen LogP contribution in [0.25, 0.3) is 0 Å². The molecule has 1 aliphatic heterocycles. The van der Waals surface area contributed by atoms with Crippen LogP contribution >= 0.6 is 11.3 Å². The van der Waals surface area contributed by atoms with Gasteiger partial charge < -0.3 is 10.1 Å². The van der Waals surface area contributed by atoms with Crippen molar-refractivity contribution in [1.29, 1.82) is 0 Å². The van der Waals surface area contributed by atoms with Crippen molar-refractivity contribution >= 4 is 11.3 Å². The van der Waals surface area contributed by atoms with Gasteiger partial charge >= 0.3 is 0 Å². The van der Waals surface area contributed by atoms with Crippen LogP contribution < -0.4 is 5.32 Å². The summed E-state index contributed by atoms with van der Waals surface area (Å²) < 4.78 is 6.10. The number of ether oxygens (including phenoxy) is 1. The van der Waals surface area contributed by atoms with Crippen molar-refractivity contribution in [2.24, 2.45) is 5.92 Å². The average Bonchev–Trinajstić information content (AvgIpc) is 2.88. The molecule has 2 aliphatic rings. The highest BCUT2D eigenvalue weighted by Crippen LogP contribution is 2.36. The fourth-order valence-electron chi connectivity index (χ4n) is 2.99. The standard InChI is InChI=1S/C14H21NOS/c1-11-2-5-14(6-3-11)10-16-13(8-15-14)12-4-7-17-9-12/h4,7,9,11,13,15H,2-3,5-6,8,10H2,1H3. The van der Waals surface area contributed by atoms with Crippen molar-refractivity contribution < 1.29 is 4.74 Å². The fourth-order valence-corrected chi connectivity index (χ4v) is 3.69. The number of hydrogen-bond donors (Lipinski definition) is 1. The normalized spacial score (nSPS) is 38.4. The molecule has 0 bridgehead atoms. The van der Waals surface area contributed by atoms with E-state index in [4.69, 9.17) is 4.74 Å². The van der Waals surface area contributed by atoms with Gasteiger partial charge in [0.15, 0.2) is 0 Å². The molecule has 2 heterocycles. The van der Waals surface area contributed by atoms with Crippen molar-refractivity contribution in [3.8, 4) is 0 Å². The molecule has 3 rings (SSSR count). The minimum absolute atomic E-state index is 0.270. The lowest BCUT2D eigenvalue weighted by Crippen LogP contribution is -2.56. The van der Waals surface area contributed by atoms with Crippen LogP contribution in [0.4, 0.5) is 0 Å². The van der Waals surface area contributed by atoms with Crippen LogP contribution in [0.15, 0.2) is 16.8 Å². The molecule has 1 unspecified atom stereocenters. The van der Waals surface area contributed by atoms with E-state index < -0.39 is 0 Å². The van der Waals surface area contributed by atoms with Gasteiger partial charge in [0.25, 0.3) is 0 Å². The Morgan fingerprint density at radius 3 is 2.82 bits per heavy atom. The molecule has 1 aromatic heterocycles. The van der Waals surface area contributed by atoms with E-state index in [9.17, 15) is 0 Å². The summed E-state index contributed by atoms with van der Waals surface area (Å²) in [5.41, 5.74) is 1.63. The zero-order chi connectivity index (χ0) is 11.7. The number of hydrogen-bond acceptors (Lipinski definition) is 3. The highest BCUT2D eigenvalue weighted by Gasteiger charge is 2.38. The van der Waals surface area contributed by atoms with Crippen molar-refractivity contribution in [3.63, 3.8) is 0 Å². The van der Waals surface area contributed by atoms with Crippen LogP contribution in [0.3, 0.4) is 0 Å². The molecular weight excluding hydrogens is 230 g/mol. The Balaban J connectivity index is 1.60. The van der Waals surface area contributed by atoms with Gasteiger partial charge in [-0.05, 0) is 54.0 Å². The summed E-state index contributed by atoms with van der Waals surface area (Å²) in [6, 6.07) is 2.18. The second kappa shape index (κ2) is 4.71. The van der Waals surface area contributed by atoms with Crippen molar-refractivity contribution in [1.82, 2.24) is 5.32 Å². The van der Waals surface area contributed by atoms with Crippen LogP contribution in [-0.2, 0) is 4.74 Å². The van der Waals surface area contributed by atoms with Gasteiger partial charge in [0.1, 0.15) is 0 Å². The second-order valence-electron chi connectivity index (χ2n) is 5.70. The second-order valence-corrected chi connectivity index (χ2v) is 6.48. The van der Waals surface area contributed by atoms with Crippen molar-refractivity contribution in [2.75, 3.05) is 13.2 Å². The minimum Gasteiger partial charge on any atom is -0.370 e. The Hall–Kier alpha value is -0.380. The van der Waals surface area contributed by atoms with Crippen LogP contribution in [0.5, 0.6) is 0 Å². The van der Waals surface area contributed by atoms with Crippen LogP contribution in [0.2, 0.25) is 0 Å². The predicted molar refractivity (Wildman–Crippen MR) is 71.4 cm³/mol. The molecule has 0 radical (unpaired) electrons. The molecule has 3 heteroatoms. The first-order valence-electron chi connectivity index (χ1n) is 6.66. The summed E-state index contributed by atoms with van der Waals surface area (Å²) in [6.45, 7) is 4.23. The zero-order valence-electron chi connectivity index (χ0n) is 10.4. The quantitative estimate of drug-likeness (QED) is 0.826. The van der Waals surface area contributed by atoms with E-state index >= 15 is 0 Å². The number of thiophene rings is 1. The highest BCUT2D eigenvalue weighted by molar-refractivity contribution is 7.07. The monoisotopic (exact) mass is 251 g/mol.